The molecular formula is C16H16ClN5O2. The Hall–Kier alpha value is -2.67. The largest absolute Gasteiger partial charge is 0.324 e. The summed E-state index contributed by atoms with van der Waals surface area (Å²) >= 11 is 6.04. The van der Waals surface area contributed by atoms with Gasteiger partial charge in [0.05, 0.1) is 12.0 Å². The molecular weight excluding hydrogens is 330 g/mol. The van der Waals surface area contributed by atoms with Gasteiger partial charge in [0.15, 0.2) is 5.52 Å². The third kappa shape index (κ3) is 2.78. The van der Waals surface area contributed by atoms with E-state index in [1.54, 1.807) is 29.9 Å². The lowest BCUT2D eigenvalue weighted by molar-refractivity contribution is -0.116. The number of carbonyl (C=O) groups excluding carboxylic acids is 1. The zero-order valence-electron chi connectivity index (χ0n) is 13.5. The number of halogens is 1. The average molecular weight is 346 g/mol. The maximum absolute atomic E-state index is 12.4. The number of anilines is 1. The molecule has 0 saturated carbocycles. The number of fused-ring (bicyclic) bond motifs is 1. The van der Waals surface area contributed by atoms with Crippen molar-refractivity contribution in [3.05, 3.63) is 51.2 Å². The van der Waals surface area contributed by atoms with E-state index in [2.05, 4.69) is 15.4 Å². The minimum absolute atomic E-state index is 0.149. The highest BCUT2D eigenvalue weighted by Gasteiger charge is 2.14. The SMILES string of the molecule is Cc1c(Cl)cccc1NC(=O)Cn1cnc2c(C)n(C)nc2c1=O. The number of rotatable bonds is 3. The number of hydrogen-bond donors (Lipinski definition) is 1. The molecule has 0 spiro atoms. The number of carbonyl (C=O) groups is 1. The first-order valence-electron chi connectivity index (χ1n) is 7.32. The molecule has 0 atom stereocenters. The van der Waals surface area contributed by atoms with Crippen molar-refractivity contribution in [2.45, 2.75) is 20.4 Å². The van der Waals surface area contributed by atoms with Gasteiger partial charge in [0, 0.05) is 17.8 Å². The average Bonchev–Trinajstić information content (AvgIpc) is 2.83. The second-order valence-corrected chi connectivity index (χ2v) is 5.95. The summed E-state index contributed by atoms with van der Waals surface area (Å²) in [5, 5.41) is 7.48. The van der Waals surface area contributed by atoms with Gasteiger partial charge in [-0.15, -0.1) is 0 Å². The van der Waals surface area contributed by atoms with Crippen LogP contribution >= 0.6 is 11.6 Å². The first-order valence-corrected chi connectivity index (χ1v) is 7.70. The van der Waals surface area contributed by atoms with Crippen molar-refractivity contribution in [1.29, 1.82) is 0 Å². The van der Waals surface area contributed by atoms with Gasteiger partial charge in [-0.25, -0.2) is 4.98 Å². The van der Waals surface area contributed by atoms with Crippen LogP contribution < -0.4 is 10.9 Å². The third-order valence-corrected chi connectivity index (χ3v) is 4.36. The van der Waals surface area contributed by atoms with Crippen LogP contribution in [-0.4, -0.2) is 25.2 Å². The highest BCUT2D eigenvalue weighted by atomic mass is 35.5. The fraction of sp³-hybridized carbons (Fsp3) is 0.250. The molecule has 0 aliphatic carbocycles. The molecule has 2 aromatic heterocycles. The Bertz CT molecular complexity index is 1010. The smallest absolute Gasteiger partial charge is 0.282 e. The summed E-state index contributed by atoms with van der Waals surface area (Å²) in [4.78, 5) is 28.9. The molecule has 0 saturated heterocycles. The molecule has 7 nitrogen and oxygen atoms in total. The Morgan fingerprint density at radius 3 is 2.79 bits per heavy atom. The molecule has 3 rings (SSSR count). The molecule has 1 N–H and O–H groups in total. The number of aryl methyl sites for hydroxylation is 2. The summed E-state index contributed by atoms with van der Waals surface area (Å²) in [6.45, 7) is 3.50. The molecule has 124 valence electrons. The zero-order valence-corrected chi connectivity index (χ0v) is 14.3. The minimum Gasteiger partial charge on any atom is -0.324 e. The summed E-state index contributed by atoms with van der Waals surface area (Å²) < 4.78 is 2.84. The highest BCUT2D eigenvalue weighted by molar-refractivity contribution is 6.31. The molecule has 0 radical (unpaired) electrons. The lowest BCUT2D eigenvalue weighted by Gasteiger charge is -2.10. The summed E-state index contributed by atoms with van der Waals surface area (Å²) in [6, 6.07) is 5.26. The van der Waals surface area contributed by atoms with Crippen LogP contribution in [0.2, 0.25) is 5.02 Å². The Morgan fingerprint density at radius 2 is 2.04 bits per heavy atom. The summed E-state index contributed by atoms with van der Waals surface area (Å²) in [6.07, 6.45) is 1.36. The first kappa shape index (κ1) is 16.2. The lowest BCUT2D eigenvalue weighted by atomic mass is 10.2. The topological polar surface area (TPSA) is 81.8 Å². The number of amides is 1. The van der Waals surface area contributed by atoms with Crippen LogP contribution in [0, 0.1) is 13.8 Å². The van der Waals surface area contributed by atoms with Crippen molar-refractivity contribution in [3.63, 3.8) is 0 Å². The van der Waals surface area contributed by atoms with E-state index >= 15 is 0 Å². The van der Waals surface area contributed by atoms with Crippen LogP contribution in [0.4, 0.5) is 5.69 Å². The van der Waals surface area contributed by atoms with Gasteiger partial charge in [0.2, 0.25) is 5.91 Å². The maximum atomic E-state index is 12.4. The van der Waals surface area contributed by atoms with E-state index in [1.165, 1.54) is 10.9 Å². The summed E-state index contributed by atoms with van der Waals surface area (Å²) in [5.41, 5.74) is 2.64. The number of benzene rings is 1. The van der Waals surface area contributed by atoms with Crippen molar-refractivity contribution in [1.82, 2.24) is 19.3 Å². The summed E-state index contributed by atoms with van der Waals surface area (Å²) in [7, 11) is 1.75. The van der Waals surface area contributed by atoms with Gasteiger partial charge in [-0.3, -0.25) is 18.8 Å². The van der Waals surface area contributed by atoms with Gasteiger partial charge in [-0.2, -0.15) is 5.10 Å². The van der Waals surface area contributed by atoms with Gasteiger partial charge in [-0.1, -0.05) is 17.7 Å². The Labute approximate surface area is 142 Å². The lowest BCUT2D eigenvalue weighted by Crippen LogP contribution is -2.28. The van der Waals surface area contributed by atoms with Crippen LogP contribution in [-0.2, 0) is 18.4 Å². The van der Waals surface area contributed by atoms with Gasteiger partial charge in [0.1, 0.15) is 12.1 Å². The van der Waals surface area contributed by atoms with E-state index in [1.807, 2.05) is 13.8 Å². The molecule has 1 amide bonds. The number of hydrogen-bond acceptors (Lipinski definition) is 4. The maximum Gasteiger partial charge on any atom is 0.282 e. The minimum atomic E-state index is -0.346. The molecule has 3 aromatic rings. The molecule has 0 fully saturated rings. The Morgan fingerprint density at radius 1 is 1.29 bits per heavy atom. The summed E-state index contributed by atoms with van der Waals surface area (Å²) in [5.74, 6) is -0.337. The van der Waals surface area contributed by atoms with Gasteiger partial charge < -0.3 is 5.32 Å². The van der Waals surface area contributed by atoms with Gasteiger partial charge >= 0.3 is 0 Å². The highest BCUT2D eigenvalue weighted by Crippen LogP contribution is 2.22. The van der Waals surface area contributed by atoms with Crippen molar-refractivity contribution in [2.75, 3.05) is 5.32 Å². The quantitative estimate of drug-likeness (QED) is 0.787. The fourth-order valence-corrected chi connectivity index (χ4v) is 2.59. The molecule has 0 bridgehead atoms. The van der Waals surface area contributed by atoms with Crippen molar-refractivity contribution in [3.8, 4) is 0 Å². The van der Waals surface area contributed by atoms with E-state index in [0.717, 1.165) is 11.3 Å². The normalized spacial score (nSPS) is 11.0. The predicted octanol–water partition coefficient (Wildman–Crippen LogP) is 2.04. The van der Waals surface area contributed by atoms with Crippen molar-refractivity contribution >= 4 is 34.2 Å². The van der Waals surface area contributed by atoms with E-state index in [0.29, 0.717) is 16.2 Å². The Kier molecular flexibility index (Phi) is 4.11. The number of nitrogens with one attached hydrogen (secondary N) is 1. The van der Waals surface area contributed by atoms with Crippen LogP contribution in [0.25, 0.3) is 11.0 Å². The number of nitrogens with zero attached hydrogens (tertiary/aromatic N) is 4. The van der Waals surface area contributed by atoms with E-state index < -0.39 is 0 Å². The molecule has 24 heavy (non-hydrogen) atoms. The van der Waals surface area contributed by atoms with E-state index in [-0.39, 0.29) is 23.5 Å². The Balaban J connectivity index is 1.87. The number of aromatic nitrogens is 4. The molecule has 0 unspecified atom stereocenters. The molecule has 0 aliphatic heterocycles. The second kappa shape index (κ2) is 6.09. The standard InChI is InChI=1S/C16H16ClN5O2/c1-9-11(17)5-4-6-12(9)19-13(23)7-22-8-18-14-10(2)21(3)20-15(14)16(22)24/h4-6,8H,7H2,1-3H3,(H,19,23). The van der Waals surface area contributed by atoms with Crippen LogP contribution in [0.3, 0.4) is 0 Å². The van der Waals surface area contributed by atoms with Gasteiger partial charge in [-0.05, 0) is 31.5 Å². The van der Waals surface area contributed by atoms with E-state index in [4.69, 9.17) is 11.6 Å². The van der Waals surface area contributed by atoms with E-state index in [9.17, 15) is 9.59 Å². The molecule has 8 heteroatoms. The first-order chi connectivity index (χ1) is 11.4. The molecule has 1 aromatic carbocycles. The van der Waals surface area contributed by atoms with Crippen LogP contribution in [0.15, 0.2) is 29.3 Å². The second-order valence-electron chi connectivity index (χ2n) is 5.54. The van der Waals surface area contributed by atoms with Crippen LogP contribution in [0.5, 0.6) is 0 Å². The fourth-order valence-electron chi connectivity index (χ4n) is 2.41. The molecule has 2 heterocycles. The van der Waals surface area contributed by atoms with Crippen molar-refractivity contribution in [2.24, 2.45) is 7.05 Å². The monoisotopic (exact) mass is 345 g/mol. The third-order valence-electron chi connectivity index (χ3n) is 3.95. The molecule has 0 aliphatic rings. The predicted molar refractivity (Wildman–Crippen MR) is 92.3 cm³/mol. The van der Waals surface area contributed by atoms with Gasteiger partial charge in [0.25, 0.3) is 5.56 Å². The van der Waals surface area contributed by atoms with Crippen molar-refractivity contribution < 1.29 is 4.79 Å². The van der Waals surface area contributed by atoms with Crippen LogP contribution in [0.1, 0.15) is 11.3 Å². The zero-order chi connectivity index (χ0) is 17.4.